The second kappa shape index (κ2) is 7.21. The Hall–Kier alpha value is -0.660. The molecule has 1 fully saturated rings. The van der Waals surface area contributed by atoms with E-state index in [1.54, 1.807) is 0 Å². The molecule has 0 bridgehead atoms. The van der Waals surface area contributed by atoms with Crippen LogP contribution in [0.5, 0.6) is 0 Å². The van der Waals surface area contributed by atoms with Crippen LogP contribution >= 0.6 is 0 Å². The van der Waals surface area contributed by atoms with Gasteiger partial charge in [-0.25, -0.2) is 8.42 Å². The summed E-state index contributed by atoms with van der Waals surface area (Å²) in [7, 11) is -1.93. The highest BCUT2D eigenvalue weighted by atomic mass is 32.2. The van der Waals surface area contributed by atoms with Crippen LogP contribution in [0.2, 0.25) is 0 Å². The predicted octanol–water partition coefficient (Wildman–Crippen LogP) is -0.0984. The maximum absolute atomic E-state index is 11.8. The molecule has 3 N–H and O–H groups in total. The van der Waals surface area contributed by atoms with Crippen LogP contribution in [-0.2, 0) is 14.8 Å². The van der Waals surface area contributed by atoms with Crippen LogP contribution in [0.15, 0.2) is 0 Å². The summed E-state index contributed by atoms with van der Waals surface area (Å²) in [6.07, 6.45) is 6.87. The average Bonchev–Trinajstić information content (AvgIpc) is 2.35. The topological polar surface area (TPSA) is 92.5 Å². The summed E-state index contributed by atoms with van der Waals surface area (Å²) in [5.41, 5.74) is 5.72. The Balaban J connectivity index is 2.48. The zero-order chi connectivity index (χ0) is 14.5. The van der Waals surface area contributed by atoms with Crippen LogP contribution in [0.3, 0.4) is 0 Å². The highest BCUT2D eigenvalue weighted by molar-refractivity contribution is 7.88. The van der Waals surface area contributed by atoms with Crippen LogP contribution < -0.4 is 11.1 Å². The predicted molar refractivity (Wildman–Crippen MR) is 75.0 cm³/mol. The summed E-state index contributed by atoms with van der Waals surface area (Å²) in [4.78, 5) is 11.8. The van der Waals surface area contributed by atoms with Gasteiger partial charge in [-0.05, 0) is 18.8 Å². The fraction of sp³-hybridized carbons (Fsp3) is 0.917. The molecule has 19 heavy (non-hydrogen) atoms. The van der Waals surface area contributed by atoms with E-state index in [1.165, 1.54) is 26.3 Å². The van der Waals surface area contributed by atoms with Gasteiger partial charge in [-0.3, -0.25) is 4.79 Å². The number of nitrogens with one attached hydrogen (secondary N) is 1. The summed E-state index contributed by atoms with van der Waals surface area (Å²) < 4.78 is 23.5. The minimum Gasteiger partial charge on any atom is -0.351 e. The van der Waals surface area contributed by atoms with Gasteiger partial charge in [0.25, 0.3) is 0 Å². The lowest BCUT2D eigenvalue weighted by molar-refractivity contribution is -0.122. The third-order valence-corrected chi connectivity index (χ3v) is 5.01. The van der Waals surface area contributed by atoms with Crippen molar-refractivity contribution >= 4 is 15.9 Å². The number of carbonyl (C=O) groups is 1. The molecule has 0 radical (unpaired) electrons. The highest BCUT2D eigenvalue weighted by Crippen LogP contribution is 2.26. The number of nitrogens with two attached hydrogens (primary N) is 1. The maximum atomic E-state index is 11.8. The number of rotatable bonds is 6. The number of hydrogen-bond acceptors (Lipinski definition) is 4. The standard InChI is InChI=1S/C12H25N3O3S/c1-15(19(2,17)18)9-12(16)14-11(8-13)10-6-4-3-5-7-10/h10-11H,3-9,13H2,1-2H3,(H,14,16). The fourth-order valence-electron chi connectivity index (χ4n) is 2.48. The van der Waals surface area contributed by atoms with Crippen molar-refractivity contribution < 1.29 is 13.2 Å². The fourth-order valence-corrected chi connectivity index (χ4v) is 2.83. The van der Waals surface area contributed by atoms with Gasteiger partial charge in [-0.1, -0.05) is 19.3 Å². The van der Waals surface area contributed by atoms with Crippen molar-refractivity contribution in [2.45, 2.75) is 38.1 Å². The molecule has 1 aliphatic rings. The largest absolute Gasteiger partial charge is 0.351 e. The molecule has 1 amide bonds. The van der Waals surface area contributed by atoms with Crippen LogP contribution in [0.1, 0.15) is 32.1 Å². The van der Waals surface area contributed by atoms with Gasteiger partial charge < -0.3 is 11.1 Å². The molecule has 0 spiro atoms. The number of hydrogen-bond donors (Lipinski definition) is 2. The van der Waals surface area contributed by atoms with E-state index in [1.807, 2.05) is 0 Å². The first-order chi connectivity index (χ1) is 8.84. The molecule has 0 aromatic heterocycles. The SMILES string of the molecule is CN(CC(=O)NC(CN)C1CCCCC1)S(C)(=O)=O. The molecule has 7 heteroatoms. The Morgan fingerprint density at radius 3 is 2.42 bits per heavy atom. The molecular weight excluding hydrogens is 266 g/mol. The molecule has 6 nitrogen and oxygen atoms in total. The van der Waals surface area contributed by atoms with Gasteiger partial charge in [-0.15, -0.1) is 0 Å². The molecule has 0 aliphatic heterocycles. The zero-order valence-corrected chi connectivity index (χ0v) is 12.6. The molecule has 0 aromatic carbocycles. The highest BCUT2D eigenvalue weighted by Gasteiger charge is 2.25. The van der Waals surface area contributed by atoms with E-state index < -0.39 is 10.0 Å². The molecule has 1 atom stereocenters. The lowest BCUT2D eigenvalue weighted by atomic mass is 9.84. The van der Waals surface area contributed by atoms with Crippen LogP contribution in [-0.4, -0.2) is 51.1 Å². The summed E-state index contributed by atoms with van der Waals surface area (Å²) in [6, 6.07) is -0.0410. The quantitative estimate of drug-likeness (QED) is 0.715. The average molecular weight is 291 g/mol. The minimum atomic E-state index is -3.32. The van der Waals surface area contributed by atoms with Crippen molar-refractivity contribution in [3.05, 3.63) is 0 Å². The Bertz CT molecular complexity index is 391. The lowest BCUT2D eigenvalue weighted by Crippen LogP contribution is -2.49. The summed E-state index contributed by atoms with van der Waals surface area (Å²) in [5, 5.41) is 2.87. The van der Waals surface area contributed by atoms with Crippen molar-refractivity contribution in [2.75, 3.05) is 26.4 Å². The first kappa shape index (κ1) is 16.4. The van der Waals surface area contributed by atoms with Crippen molar-refractivity contribution in [3.63, 3.8) is 0 Å². The molecule has 1 aliphatic carbocycles. The number of nitrogens with zero attached hydrogens (tertiary/aromatic N) is 1. The Labute approximate surface area is 115 Å². The van der Waals surface area contributed by atoms with E-state index in [9.17, 15) is 13.2 Å². The molecule has 0 heterocycles. The lowest BCUT2D eigenvalue weighted by Gasteiger charge is -2.30. The van der Waals surface area contributed by atoms with Gasteiger partial charge in [0.05, 0.1) is 12.8 Å². The van der Waals surface area contributed by atoms with Crippen molar-refractivity contribution in [1.82, 2.24) is 9.62 Å². The first-order valence-corrected chi connectivity index (χ1v) is 8.60. The van der Waals surface area contributed by atoms with E-state index in [4.69, 9.17) is 5.73 Å². The molecule has 1 rings (SSSR count). The van der Waals surface area contributed by atoms with Gasteiger partial charge in [0.15, 0.2) is 0 Å². The van der Waals surface area contributed by atoms with Crippen LogP contribution in [0, 0.1) is 5.92 Å². The Morgan fingerprint density at radius 1 is 1.37 bits per heavy atom. The summed E-state index contributed by atoms with van der Waals surface area (Å²) in [6.45, 7) is 0.251. The van der Waals surface area contributed by atoms with E-state index >= 15 is 0 Å². The summed E-state index contributed by atoms with van der Waals surface area (Å²) in [5.74, 6) is 0.139. The van der Waals surface area contributed by atoms with Crippen LogP contribution in [0.25, 0.3) is 0 Å². The van der Waals surface area contributed by atoms with Gasteiger partial charge in [0, 0.05) is 19.6 Å². The Morgan fingerprint density at radius 2 is 1.95 bits per heavy atom. The van der Waals surface area contributed by atoms with Gasteiger partial charge in [-0.2, -0.15) is 4.31 Å². The second-order valence-electron chi connectivity index (χ2n) is 5.33. The zero-order valence-electron chi connectivity index (χ0n) is 11.8. The maximum Gasteiger partial charge on any atom is 0.235 e. The number of carbonyl (C=O) groups excluding carboxylic acids is 1. The summed E-state index contributed by atoms with van der Waals surface area (Å²) >= 11 is 0. The Kier molecular flexibility index (Phi) is 6.22. The number of likely N-dealkylation sites (N-methyl/N-ethyl adjacent to an activating group) is 1. The van der Waals surface area contributed by atoms with Gasteiger partial charge in [0.2, 0.25) is 15.9 Å². The molecule has 0 saturated heterocycles. The molecule has 1 unspecified atom stereocenters. The van der Waals surface area contributed by atoms with Crippen molar-refractivity contribution in [2.24, 2.45) is 11.7 Å². The first-order valence-electron chi connectivity index (χ1n) is 6.75. The monoisotopic (exact) mass is 291 g/mol. The van der Waals surface area contributed by atoms with Crippen molar-refractivity contribution in [3.8, 4) is 0 Å². The molecular formula is C12H25N3O3S. The molecule has 1 saturated carbocycles. The smallest absolute Gasteiger partial charge is 0.235 e. The van der Waals surface area contributed by atoms with E-state index in [0.717, 1.165) is 23.4 Å². The molecule has 112 valence electrons. The van der Waals surface area contributed by atoms with Crippen molar-refractivity contribution in [1.29, 1.82) is 0 Å². The number of sulfonamides is 1. The van der Waals surface area contributed by atoms with E-state index in [-0.39, 0.29) is 18.5 Å². The van der Waals surface area contributed by atoms with E-state index in [0.29, 0.717) is 12.5 Å². The third-order valence-electron chi connectivity index (χ3n) is 3.75. The second-order valence-corrected chi connectivity index (χ2v) is 7.42. The normalized spacial score (nSPS) is 19.4. The molecule has 0 aromatic rings. The van der Waals surface area contributed by atoms with Gasteiger partial charge in [0.1, 0.15) is 0 Å². The minimum absolute atomic E-state index is 0.0410. The number of amides is 1. The van der Waals surface area contributed by atoms with Gasteiger partial charge >= 0.3 is 0 Å². The van der Waals surface area contributed by atoms with E-state index in [2.05, 4.69) is 5.32 Å². The van der Waals surface area contributed by atoms with Crippen LogP contribution in [0.4, 0.5) is 0 Å². The third kappa shape index (κ3) is 5.46.